The van der Waals surface area contributed by atoms with E-state index in [0.29, 0.717) is 10.6 Å². The summed E-state index contributed by atoms with van der Waals surface area (Å²) in [7, 11) is -4.13. The van der Waals surface area contributed by atoms with Crippen molar-refractivity contribution in [1.82, 2.24) is 9.78 Å². The molecule has 1 amide bonds. The number of rotatable bonds is 5. The first-order valence-corrected chi connectivity index (χ1v) is 10.0. The Bertz CT molecular complexity index is 1160. The summed E-state index contributed by atoms with van der Waals surface area (Å²) < 4.78 is 38.5. The van der Waals surface area contributed by atoms with E-state index in [9.17, 15) is 17.6 Å². The minimum Gasteiger partial charge on any atom is -0.326 e. The highest BCUT2D eigenvalue weighted by molar-refractivity contribution is 7.89. The number of nitrogens with two attached hydrogens (primary N) is 1. The predicted octanol–water partition coefficient (Wildman–Crippen LogP) is 3.15. The molecule has 0 aliphatic heterocycles. The SMILES string of the molecule is NS(=O)(=O)c1cc(NC(=O)Cc2cc(F)ccc2Cl)ccc1-n1cc(Cl)cn1. The van der Waals surface area contributed by atoms with Crippen molar-refractivity contribution in [2.24, 2.45) is 5.14 Å². The molecule has 0 atom stereocenters. The average molecular weight is 443 g/mol. The zero-order chi connectivity index (χ0) is 20.5. The minimum atomic E-state index is -4.13. The van der Waals surface area contributed by atoms with E-state index < -0.39 is 21.7 Å². The van der Waals surface area contributed by atoms with Crippen LogP contribution in [0.5, 0.6) is 0 Å². The lowest BCUT2D eigenvalue weighted by Crippen LogP contribution is -2.18. The fourth-order valence-corrected chi connectivity index (χ4v) is 3.56. The van der Waals surface area contributed by atoms with Gasteiger partial charge in [0.2, 0.25) is 15.9 Å². The van der Waals surface area contributed by atoms with Crippen LogP contribution in [0.1, 0.15) is 5.56 Å². The van der Waals surface area contributed by atoms with Gasteiger partial charge in [-0.1, -0.05) is 23.2 Å². The van der Waals surface area contributed by atoms with Crippen LogP contribution in [0, 0.1) is 5.82 Å². The first-order chi connectivity index (χ1) is 13.1. The van der Waals surface area contributed by atoms with E-state index >= 15 is 0 Å². The smallest absolute Gasteiger partial charge is 0.240 e. The third kappa shape index (κ3) is 4.68. The van der Waals surface area contributed by atoms with Gasteiger partial charge in [0, 0.05) is 16.9 Å². The second kappa shape index (κ2) is 7.88. The summed E-state index contributed by atoms with van der Waals surface area (Å²) in [5.41, 5.74) is 0.651. The lowest BCUT2D eigenvalue weighted by atomic mass is 10.1. The van der Waals surface area contributed by atoms with Crippen LogP contribution >= 0.6 is 23.2 Å². The number of carbonyl (C=O) groups is 1. The Kier molecular flexibility index (Phi) is 5.71. The van der Waals surface area contributed by atoms with Crippen LogP contribution in [-0.4, -0.2) is 24.1 Å². The van der Waals surface area contributed by atoms with E-state index in [4.69, 9.17) is 28.3 Å². The Morgan fingerprint density at radius 2 is 1.96 bits per heavy atom. The zero-order valence-electron chi connectivity index (χ0n) is 14.1. The quantitative estimate of drug-likeness (QED) is 0.632. The Balaban J connectivity index is 1.88. The molecule has 1 heterocycles. The third-order valence-electron chi connectivity index (χ3n) is 3.71. The molecule has 3 N–H and O–H groups in total. The first kappa shape index (κ1) is 20.3. The molecule has 0 fully saturated rings. The number of carbonyl (C=O) groups excluding carboxylic acids is 1. The van der Waals surface area contributed by atoms with Crippen molar-refractivity contribution in [3.05, 3.63) is 70.2 Å². The molecule has 28 heavy (non-hydrogen) atoms. The summed E-state index contributed by atoms with van der Waals surface area (Å²) in [5.74, 6) is -1.03. The molecule has 3 rings (SSSR count). The van der Waals surface area contributed by atoms with E-state index in [1.807, 2.05) is 0 Å². The summed E-state index contributed by atoms with van der Waals surface area (Å²) in [6, 6.07) is 7.79. The number of benzene rings is 2. The van der Waals surface area contributed by atoms with Crippen molar-refractivity contribution in [3.8, 4) is 5.69 Å². The number of hydrogen-bond donors (Lipinski definition) is 2. The van der Waals surface area contributed by atoms with Gasteiger partial charge >= 0.3 is 0 Å². The van der Waals surface area contributed by atoms with Gasteiger partial charge in [-0.15, -0.1) is 0 Å². The highest BCUT2D eigenvalue weighted by atomic mass is 35.5. The maximum atomic E-state index is 13.3. The van der Waals surface area contributed by atoms with Crippen LogP contribution in [0.15, 0.2) is 53.7 Å². The second-order valence-corrected chi connectivity index (χ2v) is 8.16. The van der Waals surface area contributed by atoms with E-state index in [1.165, 1.54) is 47.4 Å². The van der Waals surface area contributed by atoms with Gasteiger partial charge < -0.3 is 5.32 Å². The molecule has 0 saturated carbocycles. The number of hydrogen-bond acceptors (Lipinski definition) is 4. The van der Waals surface area contributed by atoms with Crippen molar-refractivity contribution < 1.29 is 17.6 Å². The molecule has 0 aliphatic carbocycles. The Labute approximate surface area is 169 Å². The van der Waals surface area contributed by atoms with Crippen molar-refractivity contribution in [2.45, 2.75) is 11.3 Å². The van der Waals surface area contributed by atoms with Crippen LogP contribution < -0.4 is 10.5 Å². The number of sulfonamides is 1. The normalized spacial score (nSPS) is 11.4. The van der Waals surface area contributed by atoms with Gasteiger partial charge in [0.15, 0.2) is 0 Å². The summed E-state index contributed by atoms with van der Waals surface area (Å²) in [6.07, 6.45) is 2.56. The minimum absolute atomic E-state index is 0.167. The largest absolute Gasteiger partial charge is 0.326 e. The Morgan fingerprint density at radius 1 is 1.21 bits per heavy atom. The Hall–Kier alpha value is -2.46. The lowest BCUT2D eigenvalue weighted by molar-refractivity contribution is -0.115. The van der Waals surface area contributed by atoms with Crippen molar-refractivity contribution in [3.63, 3.8) is 0 Å². The molecular formula is C17H13Cl2FN4O3S. The molecule has 146 valence electrons. The van der Waals surface area contributed by atoms with Crippen LogP contribution in [0.3, 0.4) is 0 Å². The summed E-state index contributed by atoms with van der Waals surface area (Å²) in [4.78, 5) is 12.0. The monoisotopic (exact) mass is 442 g/mol. The third-order valence-corrected chi connectivity index (χ3v) is 5.21. The van der Waals surface area contributed by atoms with E-state index in [2.05, 4.69) is 10.4 Å². The van der Waals surface area contributed by atoms with E-state index in [1.54, 1.807) is 0 Å². The molecule has 0 spiro atoms. The molecule has 7 nitrogen and oxygen atoms in total. The maximum absolute atomic E-state index is 13.3. The number of primary sulfonamides is 1. The van der Waals surface area contributed by atoms with Gasteiger partial charge in [-0.05, 0) is 42.0 Å². The average Bonchev–Trinajstić information content (AvgIpc) is 3.03. The molecule has 11 heteroatoms. The molecule has 0 saturated heterocycles. The molecule has 1 aromatic heterocycles. The number of amides is 1. The molecular weight excluding hydrogens is 430 g/mol. The molecule has 0 aliphatic rings. The lowest BCUT2D eigenvalue weighted by Gasteiger charge is -2.12. The maximum Gasteiger partial charge on any atom is 0.240 e. The standard InChI is InChI=1S/C17H13Cl2FN4O3S/c18-11-8-22-24(9-11)15-4-2-13(7-16(15)28(21,26)27)23-17(25)6-10-5-12(20)1-3-14(10)19/h1-5,7-9H,6H2,(H,23,25)(H2,21,26,27). The summed E-state index contributed by atoms with van der Waals surface area (Å²) >= 11 is 11.8. The van der Waals surface area contributed by atoms with Gasteiger partial charge in [-0.3, -0.25) is 4.79 Å². The summed E-state index contributed by atoms with van der Waals surface area (Å²) in [5, 5.41) is 12.3. The van der Waals surface area contributed by atoms with Gasteiger partial charge in [-0.2, -0.15) is 5.10 Å². The number of nitrogens with one attached hydrogen (secondary N) is 1. The van der Waals surface area contributed by atoms with Crippen molar-refractivity contribution >= 4 is 44.8 Å². The van der Waals surface area contributed by atoms with Gasteiger partial charge in [-0.25, -0.2) is 22.6 Å². The van der Waals surface area contributed by atoms with Crippen LogP contribution in [0.25, 0.3) is 5.69 Å². The van der Waals surface area contributed by atoms with Crippen LogP contribution in [-0.2, 0) is 21.2 Å². The number of halogens is 3. The molecule has 0 unspecified atom stereocenters. The number of nitrogens with zero attached hydrogens (tertiary/aromatic N) is 2. The fraction of sp³-hybridized carbons (Fsp3) is 0.0588. The topological polar surface area (TPSA) is 107 Å². The highest BCUT2D eigenvalue weighted by Gasteiger charge is 2.18. The van der Waals surface area contributed by atoms with Crippen LogP contribution in [0.2, 0.25) is 10.0 Å². The van der Waals surface area contributed by atoms with Gasteiger partial charge in [0.25, 0.3) is 0 Å². The fourth-order valence-electron chi connectivity index (χ4n) is 2.50. The highest BCUT2D eigenvalue weighted by Crippen LogP contribution is 2.24. The molecule has 0 radical (unpaired) electrons. The van der Waals surface area contributed by atoms with E-state index in [0.717, 1.165) is 6.07 Å². The van der Waals surface area contributed by atoms with Crippen molar-refractivity contribution in [2.75, 3.05) is 5.32 Å². The first-order valence-electron chi connectivity index (χ1n) is 7.74. The summed E-state index contributed by atoms with van der Waals surface area (Å²) in [6.45, 7) is 0. The van der Waals surface area contributed by atoms with Gasteiger partial charge in [0.1, 0.15) is 10.7 Å². The van der Waals surface area contributed by atoms with Gasteiger partial charge in [0.05, 0.1) is 23.3 Å². The molecule has 0 bridgehead atoms. The zero-order valence-corrected chi connectivity index (χ0v) is 16.4. The molecule has 3 aromatic rings. The second-order valence-electron chi connectivity index (χ2n) is 5.79. The predicted molar refractivity (Wildman–Crippen MR) is 104 cm³/mol. The number of aromatic nitrogens is 2. The number of anilines is 1. The van der Waals surface area contributed by atoms with Crippen molar-refractivity contribution in [1.29, 1.82) is 0 Å². The van der Waals surface area contributed by atoms with E-state index in [-0.39, 0.29) is 27.7 Å². The molecule has 2 aromatic carbocycles. The van der Waals surface area contributed by atoms with Crippen LogP contribution in [0.4, 0.5) is 10.1 Å². The Morgan fingerprint density at radius 3 is 2.61 bits per heavy atom.